The van der Waals surface area contributed by atoms with E-state index in [1.165, 1.54) is 49.9 Å². The van der Waals surface area contributed by atoms with Crippen LogP contribution in [-0.2, 0) is 17.4 Å². The summed E-state index contributed by atoms with van der Waals surface area (Å²) in [6.07, 6.45) is 11.4. The van der Waals surface area contributed by atoms with Crippen LogP contribution in [0.2, 0.25) is 5.02 Å². The van der Waals surface area contributed by atoms with Crippen molar-refractivity contribution in [2.24, 2.45) is 0 Å². The number of hydrogen-bond acceptors (Lipinski definition) is 7. The molecule has 0 unspecified atom stereocenters. The number of nitrogens with zero attached hydrogens (tertiary/aromatic N) is 3. The molecule has 1 aliphatic heterocycles. The van der Waals surface area contributed by atoms with E-state index in [9.17, 15) is 4.57 Å². The Balaban J connectivity index is 1.19. The van der Waals surface area contributed by atoms with E-state index in [0.717, 1.165) is 37.1 Å². The zero-order valence-corrected chi connectivity index (χ0v) is 24.4. The number of anilines is 4. The van der Waals surface area contributed by atoms with E-state index in [2.05, 4.69) is 43.7 Å². The van der Waals surface area contributed by atoms with Crippen LogP contribution >= 0.6 is 18.7 Å². The Bertz CT molecular complexity index is 1400. The number of rotatable bonds is 8. The highest BCUT2D eigenvalue weighted by atomic mass is 35.5. The lowest BCUT2D eigenvalue weighted by Crippen LogP contribution is -2.32. The van der Waals surface area contributed by atoms with E-state index < -0.39 is 7.14 Å². The van der Waals surface area contributed by atoms with Crippen LogP contribution < -0.4 is 20.7 Å². The van der Waals surface area contributed by atoms with Crippen LogP contribution in [0.25, 0.3) is 0 Å². The standard InChI is InChI=1S/C30H37ClN5O2P/c1-39(2,37)28-18-25(38-24-11-12-24)13-14-27(28)34-29-26(31)19-32-30(35-29)33-22-8-5-20-6-9-23(10-7-21(20)17-22)36-15-3-4-16-36/h5,8,13-14,17-19,23-24H,3-4,6-7,9-12,15-16H2,1-2H3,(H2,32,33,34,35)/t23-/m0/s1. The summed E-state index contributed by atoms with van der Waals surface area (Å²) in [5, 5.41) is 7.78. The molecule has 2 heterocycles. The van der Waals surface area contributed by atoms with Crippen molar-refractivity contribution in [2.75, 3.05) is 37.1 Å². The number of ether oxygens (including phenoxy) is 1. The first-order valence-electron chi connectivity index (χ1n) is 14.1. The van der Waals surface area contributed by atoms with Crippen molar-refractivity contribution in [2.45, 2.75) is 63.5 Å². The summed E-state index contributed by atoms with van der Waals surface area (Å²) >= 11 is 6.49. The fraction of sp³-hybridized carbons (Fsp3) is 0.467. The highest BCUT2D eigenvalue weighted by molar-refractivity contribution is 7.70. The Morgan fingerprint density at radius 3 is 2.49 bits per heavy atom. The summed E-state index contributed by atoms with van der Waals surface area (Å²) in [5.41, 5.74) is 4.53. The largest absolute Gasteiger partial charge is 0.490 e. The highest BCUT2D eigenvalue weighted by Crippen LogP contribution is 2.41. The number of benzene rings is 2. The molecule has 7 nitrogen and oxygen atoms in total. The second-order valence-corrected chi connectivity index (χ2v) is 15.0. The Kier molecular flexibility index (Phi) is 7.58. The first-order valence-corrected chi connectivity index (χ1v) is 17.1. The number of aryl methyl sites for hydroxylation is 2. The van der Waals surface area contributed by atoms with Gasteiger partial charge in [-0.05, 0) is 119 Å². The van der Waals surface area contributed by atoms with Gasteiger partial charge in [0, 0.05) is 17.0 Å². The Labute approximate surface area is 236 Å². The van der Waals surface area contributed by atoms with Crippen LogP contribution in [0.4, 0.5) is 23.1 Å². The zero-order chi connectivity index (χ0) is 27.0. The van der Waals surface area contributed by atoms with Crippen LogP contribution in [-0.4, -0.2) is 53.4 Å². The van der Waals surface area contributed by atoms with Gasteiger partial charge < -0.3 is 24.8 Å². The van der Waals surface area contributed by atoms with Gasteiger partial charge in [0.1, 0.15) is 17.9 Å². The molecule has 9 heteroatoms. The van der Waals surface area contributed by atoms with Gasteiger partial charge in [-0.15, -0.1) is 0 Å². The second-order valence-electron chi connectivity index (χ2n) is 11.4. The molecule has 3 aromatic rings. The molecular weight excluding hydrogens is 529 g/mol. The Morgan fingerprint density at radius 2 is 1.74 bits per heavy atom. The van der Waals surface area contributed by atoms with Gasteiger partial charge in [-0.3, -0.25) is 0 Å². The summed E-state index contributed by atoms with van der Waals surface area (Å²) in [6.45, 7) is 6.03. The average Bonchev–Trinajstić information content (AvgIpc) is 3.61. The van der Waals surface area contributed by atoms with Crippen molar-refractivity contribution in [3.8, 4) is 5.75 Å². The fourth-order valence-electron chi connectivity index (χ4n) is 5.73. The van der Waals surface area contributed by atoms with Crippen molar-refractivity contribution in [3.63, 3.8) is 0 Å². The molecule has 39 heavy (non-hydrogen) atoms. The molecular formula is C30H37ClN5O2P. The molecule has 0 bridgehead atoms. The van der Waals surface area contributed by atoms with Crippen LogP contribution in [0.1, 0.15) is 49.7 Å². The van der Waals surface area contributed by atoms with Crippen molar-refractivity contribution in [3.05, 3.63) is 58.7 Å². The fourth-order valence-corrected chi connectivity index (χ4v) is 7.01. The lowest BCUT2D eigenvalue weighted by atomic mass is 10.0. The molecule has 0 radical (unpaired) electrons. The predicted molar refractivity (Wildman–Crippen MR) is 160 cm³/mol. The van der Waals surface area contributed by atoms with Gasteiger partial charge >= 0.3 is 0 Å². The summed E-state index contributed by atoms with van der Waals surface area (Å²) in [5.74, 6) is 1.66. The van der Waals surface area contributed by atoms with Crippen LogP contribution in [0, 0.1) is 0 Å². The summed E-state index contributed by atoms with van der Waals surface area (Å²) in [4.78, 5) is 11.8. The molecule has 0 spiro atoms. The Hall–Kier alpha value is -2.60. The molecule has 2 aliphatic carbocycles. The lowest BCUT2D eigenvalue weighted by Gasteiger charge is -2.25. The van der Waals surface area contributed by atoms with Gasteiger partial charge in [0.2, 0.25) is 5.95 Å². The summed E-state index contributed by atoms with van der Waals surface area (Å²) < 4.78 is 19.1. The first kappa shape index (κ1) is 26.6. The van der Waals surface area contributed by atoms with E-state index in [1.807, 2.05) is 18.2 Å². The minimum atomic E-state index is -2.60. The summed E-state index contributed by atoms with van der Waals surface area (Å²) in [7, 11) is -2.60. The average molecular weight is 566 g/mol. The van der Waals surface area contributed by atoms with Gasteiger partial charge in [0.05, 0.1) is 18.0 Å². The molecule has 1 atom stereocenters. The van der Waals surface area contributed by atoms with E-state index in [-0.39, 0.29) is 6.10 Å². The molecule has 6 rings (SSSR count). The van der Waals surface area contributed by atoms with Gasteiger partial charge in [-0.25, -0.2) is 4.98 Å². The monoisotopic (exact) mass is 565 g/mol. The van der Waals surface area contributed by atoms with Gasteiger partial charge in [0.25, 0.3) is 0 Å². The highest BCUT2D eigenvalue weighted by Gasteiger charge is 2.26. The number of fused-ring (bicyclic) bond motifs is 1. The van der Waals surface area contributed by atoms with E-state index >= 15 is 0 Å². The molecule has 206 valence electrons. The molecule has 2 N–H and O–H groups in total. The number of hydrogen-bond donors (Lipinski definition) is 2. The topological polar surface area (TPSA) is 79.4 Å². The van der Waals surface area contributed by atoms with E-state index in [4.69, 9.17) is 16.3 Å². The van der Waals surface area contributed by atoms with Crippen molar-refractivity contribution < 1.29 is 9.30 Å². The minimum absolute atomic E-state index is 0.272. The van der Waals surface area contributed by atoms with Gasteiger partial charge in [-0.2, -0.15) is 4.98 Å². The third kappa shape index (κ3) is 6.42. The molecule has 1 saturated heterocycles. The first-order chi connectivity index (χ1) is 18.8. The van der Waals surface area contributed by atoms with Crippen LogP contribution in [0.3, 0.4) is 0 Å². The molecule has 1 saturated carbocycles. The minimum Gasteiger partial charge on any atom is -0.490 e. The SMILES string of the molecule is CP(C)(=O)c1cc(OC2CC2)ccc1Nc1nc(Nc2ccc3c(c2)CC[C@@H](N2CCCC2)CC3)ncc1Cl. The van der Waals surface area contributed by atoms with E-state index in [1.54, 1.807) is 19.5 Å². The third-order valence-electron chi connectivity index (χ3n) is 7.99. The van der Waals surface area contributed by atoms with Crippen molar-refractivity contribution in [1.82, 2.24) is 14.9 Å². The lowest BCUT2D eigenvalue weighted by molar-refractivity contribution is 0.222. The maximum Gasteiger partial charge on any atom is 0.229 e. The third-order valence-corrected chi connectivity index (χ3v) is 9.79. The molecule has 2 aromatic carbocycles. The number of halogens is 1. The van der Waals surface area contributed by atoms with Gasteiger partial charge in [0.15, 0.2) is 5.82 Å². The second kappa shape index (κ2) is 11.1. The normalized spacial score (nSPS) is 19.8. The number of likely N-dealkylation sites (tertiary alicyclic amines) is 1. The molecule has 2 fully saturated rings. The van der Waals surface area contributed by atoms with E-state index in [0.29, 0.717) is 33.8 Å². The summed E-state index contributed by atoms with van der Waals surface area (Å²) in [6, 6.07) is 13.0. The van der Waals surface area contributed by atoms with Crippen molar-refractivity contribution in [1.29, 1.82) is 0 Å². The maximum atomic E-state index is 13.1. The quantitative estimate of drug-likeness (QED) is 0.231. The number of nitrogens with one attached hydrogen (secondary N) is 2. The number of aromatic nitrogens is 2. The van der Waals surface area contributed by atoms with Crippen LogP contribution in [0.5, 0.6) is 5.75 Å². The smallest absolute Gasteiger partial charge is 0.229 e. The van der Waals surface area contributed by atoms with Crippen LogP contribution in [0.15, 0.2) is 42.6 Å². The molecule has 1 aromatic heterocycles. The molecule has 3 aliphatic rings. The Morgan fingerprint density at radius 1 is 0.974 bits per heavy atom. The van der Waals surface area contributed by atoms with Gasteiger partial charge in [-0.1, -0.05) is 17.7 Å². The predicted octanol–water partition coefficient (Wildman–Crippen LogP) is 6.75. The van der Waals surface area contributed by atoms with Crippen molar-refractivity contribution >= 4 is 47.2 Å². The molecule has 0 amide bonds. The maximum absolute atomic E-state index is 13.1. The zero-order valence-electron chi connectivity index (χ0n) is 22.8.